The van der Waals surface area contributed by atoms with Crippen molar-refractivity contribution >= 4 is 16.8 Å². The van der Waals surface area contributed by atoms with Crippen LogP contribution in [0, 0.1) is 5.82 Å². The third kappa shape index (κ3) is 5.58. The van der Waals surface area contributed by atoms with Gasteiger partial charge in [-0.1, -0.05) is 60.7 Å². The number of amides is 1. The molecule has 1 unspecified atom stereocenters. The average Bonchev–Trinajstić information content (AvgIpc) is 3.63. The average molecular weight is 519 g/mol. The van der Waals surface area contributed by atoms with Crippen LogP contribution in [-0.4, -0.2) is 28.5 Å². The molecule has 4 nitrogen and oxygen atoms in total. The Hall–Kier alpha value is -4.38. The van der Waals surface area contributed by atoms with Gasteiger partial charge in [-0.2, -0.15) is 0 Å². The van der Waals surface area contributed by atoms with E-state index < -0.39 is 0 Å². The van der Waals surface area contributed by atoms with Crippen molar-refractivity contribution in [2.24, 2.45) is 0 Å². The highest BCUT2D eigenvalue weighted by Crippen LogP contribution is 2.37. The number of ether oxygens (including phenoxy) is 1. The van der Waals surface area contributed by atoms with E-state index in [9.17, 15) is 9.18 Å². The molecule has 1 aromatic heterocycles. The van der Waals surface area contributed by atoms with Crippen molar-refractivity contribution in [1.82, 2.24) is 9.47 Å². The Balaban J connectivity index is 1.40. The highest BCUT2D eigenvalue weighted by atomic mass is 19.1. The fourth-order valence-corrected chi connectivity index (χ4v) is 5.57. The number of rotatable bonds is 8. The highest BCUT2D eigenvalue weighted by molar-refractivity contribution is 5.87. The summed E-state index contributed by atoms with van der Waals surface area (Å²) < 4.78 is 21.9. The molecule has 39 heavy (non-hydrogen) atoms. The molecule has 1 saturated heterocycles. The molecule has 0 radical (unpaired) electrons. The number of hydrogen-bond donors (Lipinski definition) is 0. The zero-order chi connectivity index (χ0) is 26.6. The van der Waals surface area contributed by atoms with Gasteiger partial charge >= 0.3 is 0 Å². The van der Waals surface area contributed by atoms with Gasteiger partial charge in [0.1, 0.15) is 17.3 Å². The number of halogens is 1. The zero-order valence-corrected chi connectivity index (χ0v) is 21.8. The van der Waals surface area contributed by atoms with Crippen LogP contribution in [0.1, 0.15) is 41.9 Å². The summed E-state index contributed by atoms with van der Waals surface area (Å²) in [7, 11) is 0. The van der Waals surface area contributed by atoms with Crippen molar-refractivity contribution in [2.45, 2.75) is 31.7 Å². The van der Waals surface area contributed by atoms with Crippen molar-refractivity contribution in [2.75, 3.05) is 13.1 Å². The fraction of sp³-hybridized carbons (Fsp3) is 0.206. The number of carbonyl (C=O) groups excluding carboxylic acids is 1. The predicted molar refractivity (Wildman–Crippen MR) is 153 cm³/mol. The molecule has 5 aromatic rings. The Morgan fingerprint density at radius 1 is 0.821 bits per heavy atom. The van der Waals surface area contributed by atoms with E-state index in [0.29, 0.717) is 13.0 Å². The molecule has 1 atom stereocenters. The van der Waals surface area contributed by atoms with Crippen LogP contribution in [0.2, 0.25) is 0 Å². The Kier molecular flexibility index (Phi) is 7.13. The first-order valence-electron chi connectivity index (χ1n) is 13.6. The summed E-state index contributed by atoms with van der Waals surface area (Å²) in [5.41, 5.74) is 4.26. The standard InChI is InChI=1S/C34H31FN2O2/c35-27-17-15-25(16-18-27)23-37-24-32(30-13-4-5-14-33(30)37)31(22-34(38)36-19-6-7-20-36)26-9-8-12-29(21-26)39-28-10-2-1-3-11-28/h1-5,8-18,21,24,31H,6-7,19-20,22-23H2. The number of fused-ring (bicyclic) bond motifs is 1. The van der Waals surface area contributed by atoms with Crippen LogP contribution in [-0.2, 0) is 11.3 Å². The van der Waals surface area contributed by atoms with Gasteiger partial charge in [0.2, 0.25) is 5.91 Å². The van der Waals surface area contributed by atoms with Crippen LogP contribution in [0.15, 0.2) is 109 Å². The molecule has 5 heteroatoms. The number of hydrogen-bond acceptors (Lipinski definition) is 2. The number of nitrogens with zero attached hydrogens (tertiary/aromatic N) is 2. The molecular weight excluding hydrogens is 487 g/mol. The first kappa shape index (κ1) is 24.9. The zero-order valence-electron chi connectivity index (χ0n) is 21.8. The lowest BCUT2D eigenvalue weighted by molar-refractivity contribution is -0.130. The van der Waals surface area contributed by atoms with Crippen LogP contribution >= 0.6 is 0 Å². The van der Waals surface area contributed by atoms with Gasteiger partial charge in [0, 0.05) is 49.1 Å². The molecular formula is C34H31FN2O2. The van der Waals surface area contributed by atoms with E-state index in [2.05, 4.69) is 35.0 Å². The van der Waals surface area contributed by atoms with E-state index in [-0.39, 0.29) is 17.6 Å². The maximum atomic E-state index is 13.5. The van der Waals surface area contributed by atoms with Crippen LogP contribution < -0.4 is 4.74 Å². The quantitative estimate of drug-likeness (QED) is 0.210. The van der Waals surface area contributed by atoms with Crippen molar-refractivity contribution in [3.05, 3.63) is 132 Å². The van der Waals surface area contributed by atoms with Gasteiger partial charge in [-0.05, 0) is 72.0 Å². The number of aromatic nitrogens is 1. The lowest BCUT2D eigenvalue weighted by Gasteiger charge is -2.22. The second-order valence-corrected chi connectivity index (χ2v) is 10.2. The third-order valence-electron chi connectivity index (χ3n) is 7.54. The fourth-order valence-electron chi connectivity index (χ4n) is 5.57. The normalized spacial score (nSPS) is 14.0. The minimum absolute atomic E-state index is 0.142. The van der Waals surface area contributed by atoms with Crippen LogP contribution in [0.4, 0.5) is 4.39 Å². The van der Waals surface area contributed by atoms with Gasteiger partial charge in [-0.15, -0.1) is 0 Å². The first-order chi connectivity index (χ1) is 19.1. The van der Waals surface area contributed by atoms with Crippen LogP contribution in [0.5, 0.6) is 11.5 Å². The molecule has 2 heterocycles. The largest absolute Gasteiger partial charge is 0.457 e. The molecule has 0 saturated carbocycles. The molecule has 6 rings (SSSR count). The summed E-state index contributed by atoms with van der Waals surface area (Å²) in [6.07, 6.45) is 4.68. The number of carbonyl (C=O) groups is 1. The molecule has 0 bridgehead atoms. The first-order valence-corrected chi connectivity index (χ1v) is 13.6. The van der Waals surface area contributed by atoms with Crippen molar-refractivity contribution in [3.63, 3.8) is 0 Å². The summed E-state index contributed by atoms with van der Waals surface area (Å²) in [5.74, 6) is 1.32. The minimum atomic E-state index is -0.241. The number of para-hydroxylation sites is 2. The molecule has 0 N–H and O–H groups in total. The van der Waals surface area contributed by atoms with Gasteiger partial charge in [-0.25, -0.2) is 4.39 Å². The van der Waals surface area contributed by atoms with E-state index in [0.717, 1.165) is 65.0 Å². The summed E-state index contributed by atoms with van der Waals surface area (Å²) in [4.78, 5) is 15.5. The maximum Gasteiger partial charge on any atom is 0.223 e. The summed E-state index contributed by atoms with van der Waals surface area (Å²) in [6.45, 7) is 2.27. The van der Waals surface area contributed by atoms with Crippen molar-refractivity contribution in [3.8, 4) is 11.5 Å². The molecule has 196 valence electrons. The van der Waals surface area contributed by atoms with E-state index >= 15 is 0 Å². The smallest absolute Gasteiger partial charge is 0.223 e. The predicted octanol–water partition coefficient (Wildman–Crippen LogP) is 7.77. The summed E-state index contributed by atoms with van der Waals surface area (Å²) in [6, 6.07) is 32.8. The van der Waals surface area contributed by atoms with Crippen molar-refractivity contribution in [1.29, 1.82) is 0 Å². The van der Waals surface area contributed by atoms with Gasteiger partial charge in [0.15, 0.2) is 0 Å². The summed E-state index contributed by atoms with van der Waals surface area (Å²) in [5, 5.41) is 1.12. The molecule has 0 aliphatic carbocycles. The second-order valence-electron chi connectivity index (χ2n) is 10.2. The second kappa shape index (κ2) is 11.2. The van der Waals surface area contributed by atoms with E-state index in [1.807, 2.05) is 71.6 Å². The van der Waals surface area contributed by atoms with Crippen LogP contribution in [0.3, 0.4) is 0 Å². The van der Waals surface area contributed by atoms with Gasteiger partial charge in [0.05, 0.1) is 0 Å². The molecule has 1 aliphatic rings. The molecule has 4 aromatic carbocycles. The van der Waals surface area contributed by atoms with Gasteiger partial charge in [-0.3, -0.25) is 4.79 Å². The summed E-state index contributed by atoms with van der Waals surface area (Å²) >= 11 is 0. The topological polar surface area (TPSA) is 34.5 Å². The highest BCUT2D eigenvalue weighted by Gasteiger charge is 2.27. The lowest BCUT2D eigenvalue weighted by Crippen LogP contribution is -2.29. The van der Waals surface area contributed by atoms with Gasteiger partial charge in [0.25, 0.3) is 0 Å². The third-order valence-corrected chi connectivity index (χ3v) is 7.54. The Morgan fingerprint density at radius 3 is 2.33 bits per heavy atom. The van der Waals surface area contributed by atoms with E-state index in [1.54, 1.807) is 0 Å². The van der Waals surface area contributed by atoms with Gasteiger partial charge < -0.3 is 14.2 Å². The Labute approximate surface area is 228 Å². The van der Waals surface area contributed by atoms with Crippen LogP contribution in [0.25, 0.3) is 10.9 Å². The lowest BCUT2D eigenvalue weighted by atomic mass is 9.87. The van der Waals surface area contributed by atoms with Crippen molar-refractivity contribution < 1.29 is 13.9 Å². The Bertz CT molecular complexity index is 1570. The minimum Gasteiger partial charge on any atom is -0.457 e. The van der Waals surface area contributed by atoms with E-state index in [1.165, 1.54) is 12.1 Å². The number of likely N-dealkylation sites (tertiary alicyclic amines) is 1. The molecule has 1 aliphatic heterocycles. The Morgan fingerprint density at radius 2 is 1.54 bits per heavy atom. The number of benzene rings is 4. The molecule has 1 amide bonds. The maximum absolute atomic E-state index is 13.5. The monoisotopic (exact) mass is 518 g/mol. The SMILES string of the molecule is O=C(CC(c1cccc(Oc2ccccc2)c1)c1cn(Cc2ccc(F)cc2)c2ccccc12)N1CCCC1. The molecule has 0 spiro atoms. The molecule has 1 fully saturated rings. The van der Waals surface area contributed by atoms with E-state index in [4.69, 9.17) is 4.74 Å².